The average Bonchev–Trinajstić information content (AvgIpc) is 2.70. The summed E-state index contributed by atoms with van der Waals surface area (Å²) in [6.07, 6.45) is 1.47. The summed E-state index contributed by atoms with van der Waals surface area (Å²) in [7, 11) is 1.46. The van der Waals surface area contributed by atoms with Crippen LogP contribution in [0.1, 0.15) is 18.4 Å². The van der Waals surface area contributed by atoms with Crippen LogP contribution in [0.25, 0.3) is 0 Å². The lowest BCUT2D eigenvalue weighted by molar-refractivity contribution is -0.384. The van der Waals surface area contributed by atoms with E-state index in [0.29, 0.717) is 11.4 Å². The predicted molar refractivity (Wildman–Crippen MR) is 108 cm³/mol. The molecule has 0 radical (unpaired) electrons. The largest absolute Gasteiger partial charge is 0.495 e. The third kappa shape index (κ3) is 4.99. The van der Waals surface area contributed by atoms with Crippen molar-refractivity contribution in [2.45, 2.75) is 19.4 Å². The second-order valence-corrected chi connectivity index (χ2v) is 7.24. The third-order valence-corrected chi connectivity index (χ3v) is 5.18. The molecule has 1 heterocycles. The maximum absolute atomic E-state index is 12.6. The monoisotopic (exact) mass is 403 g/mol. The average molecular weight is 404 g/mol. The number of rotatable bonds is 6. The zero-order chi connectivity index (χ0) is 20.1. The fourth-order valence-electron chi connectivity index (χ4n) is 3.34. The Morgan fingerprint density at radius 3 is 2.54 bits per heavy atom. The molecule has 1 amide bonds. The highest BCUT2D eigenvalue weighted by atomic mass is 35.5. The number of nitro groups is 1. The zero-order valence-electron chi connectivity index (χ0n) is 15.6. The van der Waals surface area contributed by atoms with Gasteiger partial charge in [-0.15, -0.1) is 0 Å². The molecule has 3 rings (SSSR count). The van der Waals surface area contributed by atoms with E-state index in [-0.39, 0.29) is 17.5 Å². The van der Waals surface area contributed by atoms with Gasteiger partial charge >= 0.3 is 0 Å². The van der Waals surface area contributed by atoms with E-state index in [2.05, 4.69) is 10.2 Å². The molecule has 1 aliphatic rings. The van der Waals surface area contributed by atoms with Gasteiger partial charge in [0.2, 0.25) is 5.91 Å². The van der Waals surface area contributed by atoms with Crippen LogP contribution in [0, 0.1) is 16.0 Å². The number of anilines is 1. The molecule has 0 saturated carbocycles. The van der Waals surface area contributed by atoms with E-state index in [0.717, 1.165) is 37.5 Å². The van der Waals surface area contributed by atoms with E-state index in [4.69, 9.17) is 16.3 Å². The molecular weight excluding hydrogens is 382 g/mol. The van der Waals surface area contributed by atoms with Gasteiger partial charge in [0.15, 0.2) is 0 Å². The van der Waals surface area contributed by atoms with Crippen LogP contribution in [-0.4, -0.2) is 35.9 Å². The van der Waals surface area contributed by atoms with Crippen LogP contribution in [0.15, 0.2) is 42.5 Å². The third-order valence-electron chi connectivity index (χ3n) is 4.93. The Kier molecular flexibility index (Phi) is 6.49. The van der Waals surface area contributed by atoms with Gasteiger partial charge in [0.05, 0.1) is 17.7 Å². The van der Waals surface area contributed by atoms with E-state index in [9.17, 15) is 14.9 Å². The number of likely N-dealkylation sites (tertiary alicyclic amines) is 1. The summed E-state index contributed by atoms with van der Waals surface area (Å²) in [5.74, 6) is 0.134. The number of hydrogen-bond acceptors (Lipinski definition) is 5. The van der Waals surface area contributed by atoms with E-state index < -0.39 is 4.92 Å². The number of nitrogens with one attached hydrogen (secondary N) is 1. The maximum Gasteiger partial charge on any atom is 0.271 e. The molecule has 7 nitrogen and oxygen atoms in total. The Bertz CT molecular complexity index is 849. The number of piperidine rings is 1. The van der Waals surface area contributed by atoms with Crippen LogP contribution < -0.4 is 10.1 Å². The number of benzene rings is 2. The molecule has 1 saturated heterocycles. The lowest BCUT2D eigenvalue weighted by atomic mass is 9.95. The number of nitrogens with zero attached hydrogens (tertiary/aromatic N) is 2. The van der Waals surface area contributed by atoms with Crippen molar-refractivity contribution in [2.75, 3.05) is 25.5 Å². The molecule has 1 aliphatic heterocycles. The highest BCUT2D eigenvalue weighted by Gasteiger charge is 2.26. The van der Waals surface area contributed by atoms with Gasteiger partial charge in [-0.3, -0.25) is 19.8 Å². The fourth-order valence-corrected chi connectivity index (χ4v) is 3.47. The fraction of sp³-hybridized carbons (Fsp3) is 0.350. The minimum Gasteiger partial charge on any atom is -0.495 e. The van der Waals surface area contributed by atoms with Gasteiger partial charge in [-0.05, 0) is 49.7 Å². The Morgan fingerprint density at radius 1 is 1.25 bits per heavy atom. The van der Waals surface area contributed by atoms with E-state index in [1.165, 1.54) is 30.9 Å². The van der Waals surface area contributed by atoms with Crippen molar-refractivity contribution in [3.63, 3.8) is 0 Å². The van der Waals surface area contributed by atoms with Crippen molar-refractivity contribution in [1.82, 2.24) is 4.90 Å². The number of hydrogen-bond donors (Lipinski definition) is 1. The lowest BCUT2D eigenvalue weighted by Gasteiger charge is -2.31. The Labute approximate surface area is 168 Å². The van der Waals surface area contributed by atoms with Crippen LogP contribution in [0.5, 0.6) is 5.75 Å². The molecule has 1 N–H and O–H groups in total. The van der Waals surface area contributed by atoms with Gasteiger partial charge in [0.25, 0.3) is 5.69 Å². The standard InChI is InChI=1S/C20H22ClN3O4/c1-28-19-7-6-17(24(26)27)12-18(19)22-20(25)15-8-10-23(11-9-15)13-14-2-4-16(21)5-3-14/h2-7,12,15H,8-11,13H2,1H3,(H,22,25). The van der Waals surface area contributed by atoms with Crippen molar-refractivity contribution in [2.24, 2.45) is 5.92 Å². The van der Waals surface area contributed by atoms with E-state index >= 15 is 0 Å². The molecule has 8 heteroatoms. The molecule has 2 aromatic rings. The zero-order valence-corrected chi connectivity index (χ0v) is 16.3. The first-order valence-corrected chi connectivity index (χ1v) is 9.44. The van der Waals surface area contributed by atoms with Crippen LogP contribution in [0.4, 0.5) is 11.4 Å². The Hall–Kier alpha value is -2.64. The number of ether oxygens (including phenoxy) is 1. The molecular formula is C20H22ClN3O4. The molecule has 148 valence electrons. The van der Waals surface area contributed by atoms with Crippen LogP contribution in [0.2, 0.25) is 5.02 Å². The first-order chi connectivity index (χ1) is 13.5. The SMILES string of the molecule is COc1ccc([N+](=O)[O-])cc1NC(=O)C1CCN(Cc2ccc(Cl)cc2)CC1. The topological polar surface area (TPSA) is 84.7 Å². The number of carbonyl (C=O) groups is 1. The van der Waals surface area contributed by atoms with Crippen molar-refractivity contribution in [3.05, 3.63) is 63.2 Å². The lowest BCUT2D eigenvalue weighted by Crippen LogP contribution is -2.37. The predicted octanol–water partition coefficient (Wildman–Crippen LogP) is 4.11. The number of methoxy groups -OCH3 is 1. The van der Waals surface area contributed by atoms with Crippen LogP contribution >= 0.6 is 11.6 Å². The molecule has 0 aromatic heterocycles. The van der Waals surface area contributed by atoms with Crippen LogP contribution in [0.3, 0.4) is 0 Å². The van der Waals surface area contributed by atoms with Crippen molar-refractivity contribution < 1.29 is 14.5 Å². The molecule has 2 aromatic carbocycles. The molecule has 0 unspecified atom stereocenters. The number of non-ortho nitro benzene ring substituents is 1. The Balaban J connectivity index is 1.57. The summed E-state index contributed by atoms with van der Waals surface area (Å²) in [5, 5.41) is 14.5. The second-order valence-electron chi connectivity index (χ2n) is 6.81. The first-order valence-electron chi connectivity index (χ1n) is 9.06. The van der Waals surface area contributed by atoms with Crippen molar-refractivity contribution in [1.29, 1.82) is 0 Å². The molecule has 0 bridgehead atoms. The number of carbonyl (C=O) groups excluding carboxylic acids is 1. The highest BCUT2D eigenvalue weighted by molar-refractivity contribution is 6.30. The van der Waals surface area contributed by atoms with E-state index in [1.54, 1.807) is 0 Å². The van der Waals surface area contributed by atoms with Gasteiger partial charge < -0.3 is 10.1 Å². The summed E-state index contributed by atoms with van der Waals surface area (Å²) >= 11 is 5.92. The number of amides is 1. The summed E-state index contributed by atoms with van der Waals surface area (Å²) in [6, 6.07) is 11.9. The van der Waals surface area contributed by atoms with Crippen LogP contribution in [-0.2, 0) is 11.3 Å². The Morgan fingerprint density at radius 2 is 1.93 bits per heavy atom. The minimum atomic E-state index is -0.496. The molecule has 0 spiro atoms. The van der Waals surface area contributed by atoms with Gasteiger partial charge in [0, 0.05) is 29.6 Å². The number of nitro benzene ring substituents is 1. The van der Waals surface area contributed by atoms with E-state index in [1.807, 2.05) is 24.3 Å². The quantitative estimate of drug-likeness (QED) is 0.579. The summed E-state index contributed by atoms with van der Waals surface area (Å²) in [6.45, 7) is 2.45. The minimum absolute atomic E-state index is 0.0890. The normalized spacial score (nSPS) is 15.2. The van der Waals surface area contributed by atoms with Gasteiger partial charge in [-0.25, -0.2) is 0 Å². The highest BCUT2D eigenvalue weighted by Crippen LogP contribution is 2.30. The maximum atomic E-state index is 12.6. The van der Waals surface area contributed by atoms with Gasteiger partial charge in [0.1, 0.15) is 5.75 Å². The van der Waals surface area contributed by atoms with Gasteiger partial charge in [-0.1, -0.05) is 23.7 Å². The summed E-state index contributed by atoms with van der Waals surface area (Å²) < 4.78 is 5.21. The van der Waals surface area contributed by atoms with Crippen molar-refractivity contribution >= 4 is 28.9 Å². The van der Waals surface area contributed by atoms with Crippen molar-refractivity contribution in [3.8, 4) is 5.75 Å². The molecule has 0 atom stereocenters. The molecule has 28 heavy (non-hydrogen) atoms. The summed E-state index contributed by atoms with van der Waals surface area (Å²) in [4.78, 5) is 25.4. The number of halogens is 1. The smallest absolute Gasteiger partial charge is 0.271 e. The second kappa shape index (κ2) is 9.03. The molecule has 1 fully saturated rings. The summed E-state index contributed by atoms with van der Waals surface area (Å²) in [5.41, 5.74) is 1.42. The molecule has 0 aliphatic carbocycles. The van der Waals surface area contributed by atoms with Gasteiger partial charge in [-0.2, -0.15) is 0 Å². The first kappa shape index (κ1) is 20.1.